The fourth-order valence-corrected chi connectivity index (χ4v) is 3.13. The number of guanidine groups is 1. The molecule has 9 heteroatoms. The summed E-state index contributed by atoms with van der Waals surface area (Å²) in [5.41, 5.74) is 3.53. The van der Waals surface area contributed by atoms with Crippen molar-refractivity contribution in [1.29, 1.82) is 0 Å². The molecule has 0 bridgehead atoms. The summed E-state index contributed by atoms with van der Waals surface area (Å²) < 4.78 is 31.7. The molecule has 0 aliphatic rings. The van der Waals surface area contributed by atoms with Crippen molar-refractivity contribution in [3.8, 4) is 5.75 Å². The first-order valence-electron chi connectivity index (χ1n) is 9.07. The van der Waals surface area contributed by atoms with E-state index in [1.807, 2.05) is 35.9 Å². The Morgan fingerprint density at radius 2 is 2.14 bits per heavy atom. The zero-order valence-electron chi connectivity index (χ0n) is 16.1. The molecule has 3 aromatic rings. The first kappa shape index (κ1) is 20.9. The molecule has 3 rings (SSSR count). The number of imidazole rings is 1. The predicted octanol–water partition coefficient (Wildman–Crippen LogP) is 3.81. The van der Waals surface area contributed by atoms with Crippen molar-refractivity contribution in [2.45, 2.75) is 26.5 Å². The molecule has 0 aliphatic carbocycles. The zero-order chi connectivity index (χ0) is 20.8. The van der Waals surface area contributed by atoms with E-state index in [9.17, 15) is 8.78 Å². The van der Waals surface area contributed by atoms with Gasteiger partial charge in [0.25, 0.3) is 0 Å². The van der Waals surface area contributed by atoms with E-state index in [0.717, 1.165) is 16.9 Å². The lowest BCUT2D eigenvalue weighted by Crippen LogP contribution is -2.38. The van der Waals surface area contributed by atoms with Crippen LogP contribution in [-0.4, -0.2) is 35.5 Å². The Morgan fingerprint density at radius 1 is 1.31 bits per heavy atom. The average molecular weight is 422 g/mol. The van der Waals surface area contributed by atoms with Crippen LogP contribution in [0.1, 0.15) is 16.8 Å². The summed E-state index contributed by atoms with van der Waals surface area (Å²) in [7, 11) is 1.64. The van der Waals surface area contributed by atoms with Crippen LogP contribution in [0.2, 0.25) is 5.02 Å². The average Bonchev–Trinajstić information content (AvgIpc) is 3.10. The van der Waals surface area contributed by atoms with Gasteiger partial charge in [-0.05, 0) is 36.8 Å². The fourth-order valence-electron chi connectivity index (χ4n) is 2.93. The number of nitrogens with one attached hydrogen (secondary N) is 2. The topological polar surface area (TPSA) is 63.0 Å². The zero-order valence-corrected chi connectivity index (χ0v) is 16.9. The Kier molecular flexibility index (Phi) is 6.87. The standard InChI is InChI=1S/C20H22ClF2N5O/c1-13-4-3-9-28-12-16(27-18(13)28)7-8-25-20(24-2)26-11-14-10-15(21)5-6-17(14)29-19(22)23/h3-6,9-10,12,19H,7-8,11H2,1-2H3,(H2,24,25,26). The summed E-state index contributed by atoms with van der Waals surface area (Å²) in [6.07, 6.45) is 4.68. The molecule has 2 N–H and O–H groups in total. The van der Waals surface area contributed by atoms with E-state index in [1.165, 1.54) is 12.1 Å². The molecular formula is C20H22ClF2N5O. The van der Waals surface area contributed by atoms with Crippen molar-refractivity contribution in [3.63, 3.8) is 0 Å². The van der Waals surface area contributed by atoms with Gasteiger partial charge in [-0.15, -0.1) is 0 Å². The van der Waals surface area contributed by atoms with Crippen LogP contribution in [0.15, 0.2) is 47.7 Å². The summed E-state index contributed by atoms with van der Waals surface area (Å²) >= 11 is 5.97. The molecule has 2 aromatic heterocycles. The van der Waals surface area contributed by atoms with Crippen LogP contribution in [0.4, 0.5) is 8.78 Å². The van der Waals surface area contributed by atoms with Crippen LogP contribution in [0.3, 0.4) is 0 Å². The van der Waals surface area contributed by atoms with Gasteiger partial charge in [0.05, 0.1) is 5.69 Å². The number of aromatic nitrogens is 2. The van der Waals surface area contributed by atoms with Gasteiger partial charge in [0, 0.05) is 49.5 Å². The Balaban J connectivity index is 1.56. The quantitative estimate of drug-likeness (QED) is 0.450. The van der Waals surface area contributed by atoms with Gasteiger partial charge < -0.3 is 19.8 Å². The molecule has 0 atom stereocenters. The maximum atomic E-state index is 12.6. The normalized spacial score (nSPS) is 11.9. The fraction of sp³-hybridized carbons (Fsp3) is 0.300. The third-order valence-corrected chi connectivity index (χ3v) is 4.54. The van der Waals surface area contributed by atoms with Crippen molar-refractivity contribution in [2.24, 2.45) is 4.99 Å². The number of fused-ring (bicyclic) bond motifs is 1. The number of rotatable bonds is 7. The minimum atomic E-state index is -2.90. The number of benzene rings is 1. The first-order valence-corrected chi connectivity index (χ1v) is 9.45. The van der Waals surface area contributed by atoms with Gasteiger partial charge in [-0.2, -0.15) is 8.78 Å². The van der Waals surface area contributed by atoms with Crippen LogP contribution in [-0.2, 0) is 13.0 Å². The van der Waals surface area contributed by atoms with Gasteiger partial charge in [-0.25, -0.2) is 4.98 Å². The molecule has 1 aromatic carbocycles. The van der Waals surface area contributed by atoms with Gasteiger partial charge in [-0.1, -0.05) is 17.7 Å². The number of halogens is 3. The third kappa shape index (κ3) is 5.57. The van der Waals surface area contributed by atoms with Crippen molar-refractivity contribution in [2.75, 3.05) is 13.6 Å². The monoisotopic (exact) mass is 421 g/mol. The highest BCUT2D eigenvalue weighted by Gasteiger charge is 2.11. The summed E-state index contributed by atoms with van der Waals surface area (Å²) in [4.78, 5) is 8.79. The highest BCUT2D eigenvalue weighted by atomic mass is 35.5. The number of hydrogen-bond donors (Lipinski definition) is 2. The predicted molar refractivity (Wildman–Crippen MR) is 110 cm³/mol. The van der Waals surface area contributed by atoms with E-state index in [2.05, 4.69) is 25.3 Å². The number of alkyl halides is 2. The molecule has 0 unspecified atom stereocenters. The second-order valence-electron chi connectivity index (χ2n) is 6.39. The molecule has 0 fully saturated rings. The van der Waals surface area contributed by atoms with Gasteiger partial charge >= 0.3 is 6.61 Å². The molecule has 6 nitrogen and oxygen atoms in total. The molecule has 29 heavy (non-hydrogen) atoms. The lowest BCUT2D eigenvalue weighted by atomic mass is 10.2. The van der Waals surface area contributed by atoms with Crippen LogP contribution in [0.25, 0.3) is 5.65 Å². The van der Waals surface area contributed by atoms with E-state index in [1.54, 1.807) is 13.1 Å². The van der Waals surface area contributed by atoms with E-state index in [-0.39, 0.29) is 12.3 Å². The van der Waals surface area contributed by atoms with Gasteiger partial charge in [0.15, 0.2) is 5.96 Å². The molecule has 0 spiro atoms. The number of hydrogen-bond acceptors (Lipinski definition) is 3. The second-order valence-corrected chi connectivity index (χ2v) is 6.82. The van der Waals surface area contributed by atoms with Crippen molar-refractivity contribution < 1.29 is 13.5 Å². The number of ether oxygens (including phenoxy) is 1. The highest BCUT2D eigenvalue weighted by Crippen LogP contribution is 2.24. The van der Waals surface area contributed by atoms with Crippen molar-refractivity contribution in [3.05, 3.63) is 64.6 Å². The second kappa shape index (κ2) is 9.56. The summed E-state index contributed by atoms with van der Waals surface area (Å²) in [6.45, 7) is -0.0340. The Labute approximate surface area is 172 Å². The summed E-state index contributed by atoms with van der Waals surface area (Å²) in [5, 5.41) is 6.71. The lowest BCUT2D eigenvalue weighted by Gasteiger charge is -2.14. The van der Waals surface area contributed by atoms with E-state index in [4.69, 9.17) is 11.6 Å². The molecule has 0 aliphatic heterocycles. The summed E-state index contributed by atoms with van der Waals surface area (Å²) in [6, 6.07) is 8.52. The third-order valence-electron chi connectivity index (χ3n) is 4.31. The molecule has 154 valence electrons. The molecule has 0 saturated carbocycles. The molecule has 0 radical (unpaired) electrons. The maximum Gasteiger partial charge on any atom is 0.387 e. The minimum absolute atomic E-state index is 0.0763. The van der Waals surface area contributed by atoms with Crippen LogP contribution in [0, 0.1) is 6.92 Å². The highest BCUT2D eigenvalue weighted by molar-refractivity contribution is 6.30. The number of nitrogens with zero attached hydrogens (tertiary/aromatic N) is 3. The largest absolute Gasteiger partial charge is 0.434 e. The summed E-state index contributed by atoms with van der Waals surface area (Å²) in [5.74, 6) is 0.611. The van der Waals surface area contributed by atoms with Crippen molar-refractivity contribution >= 4 is 23.2 Å². The lowest BCUT2D eigenvalue weighted by molar-refractivity contribution is -0.0504. The van der Waals surface area contributed by atoms with E-state index in [0.29, 0.717) is 29.5 Å². The van der Waals surface area contributed by atoms with Crippen LogP contribution >= 0.6 is 11.6 Å². The number of pyridine rings is 1. The molecule has 0 saturated heterocycles. The number of aliphatic imine (C=N–C) groups is 1. The Morgan fingerprint density at radius 3 is 2.86 bits per heavy atom. The Bertz CT molecular complexity index is 1010. The Hall–Kier alpha value is -2.87. The molecule has 0 amide bonds. The molecular weight excluding hydrogens is 400 g/mol. The molecule has 2 heterocycles. The first-order chi connectivity index (χ1) is 14.0. The minimum Gasteiger partial charge on any atom is -0.434 e. The van der Waals surface area contributed by atoms with Crippen LogP contribution < -0.4 is 15.4 Å². The van der Waals surface area contributed by atoms with Gasteiger partial charge in [0.1, 0.15) is 11.4 Å². The maximum absolute atomic E-state index is 12.6. The smallest absolute Gasteiger partial charge is 0.387 e. The SMILES string of the molecule is CN=C(NCCc1cn2cccc(C)c2n1)NCc1cc(Cl)ccc1OC(F)F. The van der Waals surface area contributed by atoms with Crippen molar-refractivity contribution in [1.82, 2.24) is 20.0 Å². The van der Waals surface area contributed by atoms with Gasteiger partial charge in [0.2, 0.25) is 0 Å². The van der Waals surface area contributed by atoms with Crippen LogP contribution in [0.5, 0.6) is 5.75 Å². The number of aryl methyl sites for hydroxylation is 1. The van der Waals surface area contributed by atoms with Gasteiger partial charge in [-0.3, -0.25) is 4.99 Å². The van der Waals surface area contributed by atoms with E-state index < -0.39 is 6.61 Å². The van der Waals surface area contributed by atoms with E-state index >= 15 is 0 Å².